The van der Waals surface area contributed by atoms with E-state index in [-0.39, 0.29) is 53.4 Å². The molecule has 0 bridgehead atoms. The molecule has 2 aliphatic rings. The number of methoxy groups -OCH3 is 2. The molecule has 1 aliphatic heterocycles. The fourth-order valence-electron chi connectivity index (χ4n) is 4.06. The summed E-state index contributed by atoms with van der Waals surface area (Å²) in [5, 5.41) is 2.56. The van der Waals surface area contributed by atoms with E-state index in [0.29, 0.717) is 12.8 Å². The average molecular weight is 416 g/mol. The zero-order valence-electron chi connectivity index (χ0n) is 16.9. The minimum absolute atomic E-state index is 0.0270. The molecule has 1 aliphatic carbocycles. The van der Waals surface area contributed by atoms with Crippen LogP contribution in [0, 0.1) is 11.8 Å². The molecule has 9 heteroatoms. The third kappa shape index (κ3) is 4.19. The lowest BCUT2D eigenvalue weighted by atomic mass is 9.81. The van der Waals surface area contributed by atoms with Gasteiger partial charge in [-0.3, -0.25) is 19.3 Å². The number of hydrogen-bond acceptors (Lipinski definition) is 7. The van der Waals surface area contributed by atoms with Crippen LogP contribution in [0.25, 0.3) is 0 Å². The number of hydrogen-bond donors (Lipinski definition) is 1. The highest BCUT2D eigenvalue weighted by Crippen LogP contribution is 2.38. The maximum Gasteiger partial charge on any atom is 0.339 e. The van der Waals surface area contributed by atoms with Crippen LogP contribution in [-0.2, 0) is 23.9 Å². The van der Waals surface area contributed by atoms with Crippen LogP contribution in [0.4, 0.5) is 5.69 Å². The molecule has 0 aromatic heterocycles. The van der Waals surface area contributed by atoms with E-state index in [0.717, 1.165) is 12.8 Å². The molecule has 2 unspecified atom stereocenters. The molecule has 1 aromatic rings. The van der Waals surface area contributed by atoms with Crippen LogP contribution in [-0.4, -0.2) is 55.3 Å². The topological polar surface area (TPSA) is 119 Å². The normalized spacial score (nSPS) is 20.5. The van der Waals surface area contributed by atoms with Gasteiger partial charge in [-0.25, -0.2) is 9.59 Å². The molecule has 0 radical (unpaired) electrons. The van der Waals surface area contributed by atoms with Crippen LogP contribution in [0.1, 0.15) is 52.8 Å². The Bertz CT molecular complexity index is 871. The Labute approximate surface area is 173 Å². The molecule has 2 atom stereocenters. The van der Waals surface area contributed by atoms with Gasteiger partial charge in [-0.15, -0.1) is 0 Å². The number of rotatable bonds is 6. The molecule has 3 rings (SSSR count). The zero-order valence-corrected chi connectivity index (χ0v) is 16.9. The first-order chi connectivity index (χ1) is 14.4. The Morgan fingerprint density at radius 3 is 2.17 bits per heavy atom. The fraction of sp³-hybridized carbons (Fsp3) is 0.476. The summed E-state index contributed by atoms with van der Waals surface area (Å²) in [7, 11) is 2.42. The molecule has 160 valence electrons. The maximum atomic E-state index is 12.5. The average Bonchev–Trinajstić information content (AvgIpc) is 3.01. The van der Waals surface area contributed by atoms with Gasteiger partial charge in [0.25, 0.3) is 0 Å². The van der Waals surface area contributed by atoms with Crippen molar-refractivity contribution in [2.45, 2.75) is 32.1 Å². The number of esters is 2. The highest BCUT2D eigenvalue weighted by molar-refractivity contribution is 6.06. The van der Waals surface area contributed by atoms with Gasteiger partial charge in [0.15, 0.2) is 0 Å². The minimum Gasteiger partial charge on any atom is -0.465 e. The minimum atomic E-state index is -0.685. The third-order valence-electron chi connectivity index (χ3n) is 5.61. The summed E-state index contributed by atoms with van der Waals surface area (Å²) in [4.78, 5) is 62.4. The third-order valence-corrected chi connectivity index (χ3v) is 5.61. The summed E-state index contributed by atoms with van der Waals surface area (Å²) in [6.07, 6.45) is 3.16. The number of benzene rings is 1. The number of anilines is 1. The number of ether oxygens (including phenoxy) is 2. The lowest BCUT2D eigenvalue weighted by Gasteiger charge is -2.19. The molecule has 2 fully saturated rings. The quantitative estimate of drug-likeness (QED) is 0.554. The highest BCUT2D eigenvalue weighted by atomic mass is 16.5. The molecule has 1 heterocycles. The first kappa shape index (κ1) is 21.5. The van der Waals surface area contributed by atoms with Crippen LogP contribution in [0.2, 0.25) is 0 Å². The fourth-order valence-corrected chi connectivity index (χ4v) is 4.06. The Morgan fingerprint density at radius 2 is 1.60 bits per heavy atom. The van der Waals surface area contributed by atoms with Crippen LogP contribution < -0.4 is 5.32 Å². The monoisotopic (exact) mass is 416 g/mol. The van der Waals surface area contributed by atoms with Gasteiger partial charge in [-0.05, 0) is 31.0 Å². The van der Waals surface area contributed by atoms with Crippen molar-refractivity contribution in [2.75, 3.05) is 26.1 Å². The molecule has 0 spiro atoms. The van der Waals surface area contributed by atoms with Crippen LogP contribution in [0.15, 0.2) is 18.2 Å². The van der Waals surface area contributed by atoms with E-state index in [1.165, 1.54) is 37.3 Å². The van der Waals surface area contributed by atoms with Gasteiger partial charge in [0.2, 0.25) is 17.7 Å². The predicted molar refractivity (Wildman–Crippen MR) is 105 cm³/mol. The Kier molecular flexibility index (Phi) is 6.49. The van der Waals surface area contributed by atoms with Gasteiger partial charge in [-0.2, -0.15) is 0 Å². The van der Waals surface area contributed by atoms with E-state index in [2.05, 4.69) is 10.1 Å². The first-order valence-corrected chi connectivity index (χ1v) is 9.83. The molecule has 9 nitrogen and oxygen atoms in total. The zero-order chi connectivity index (χ0) is 21.8. The molecule has 3 amide bonds. The van der Waals surface area contributed by atoms with E-state index in [1.54, 1.807) is 0 Å². The van der Waals surface area contributed by atoms with Gasteiger partial charge in [-0.1, -0.05) is 12.8 Å². The number of carbonyl (C=O) groups excluding carboxylic acids is 5. The van der Waals surface area contributed by atoms with Crippen LogP contribution in [0.5, 0.6) is 0 Å². The van der Waals surface area contributed by atoms with E-state index in [1.807, 2.05) is 0 Å². The van der Waals surface area contributed by atoms with Gasteiger partial charge in [0.1, 0.15) is 0 Å². The summed E-state index contributed by atoms with van der Waals surface area (Å²) in [5.41, 5.74) is 0.301. The Morgan fingerprint density at radius 1 is 1.00 bits per heavy atom. The van der Waals surface area contributed by atoms with Crippen molar-refractivity contribution in [2.24, 2.45) is 11.8 Å². The Hall–Kier alpha value is -3.23. The van der Waals surface area contributed by atoms with Gasteiger partial charge >= 0.3 is 11.9 Å². The largest absolute Gasteiger partial charge is 0.465 e. The standard InChI is InChI=1S/C21H24N2O7/c1-29-20(27)12-7-8-15(21(28)30-2)16(11-12)22-17(24)9-10-23-18(25)13-5-3-4-6-14(13)19(23)26/h7-8,11,13-14H,3-6,9-10H2,1-2H3,(H,22,24). The van der Waals surface area contributed by atoms with Crippen molar-refractivity contribution in [3.8, 4) is 0 Å². The summed E-state index contributed by atoms with van der Waals surface area (Å²) in [5.74, 6) is -2.76. The number of likely N-dealkylation sites (tertiary alicyclic amines) is 1. The number of carbonyl (C=O) groups is 5. The number of amides is 3. The van der Waals surface area contributed by atoms with Crippen molar-refractivity contribution >= 4 is 35.3 Å². The molecule has 1 saturated heterocycles. The Balaban J connectivity index is 1.69. The second-order valence-corrected chi connectivity index (χ2v) is 7.37. The predicted octanol–water partition coefficient (Wildman–Crippen LogP) is 1.76. The van der Waals surface area contributed by atoms with Crippen LogP contribution in [0.3, 0.4) is 0 Å². The van der Waals surface area contributed by atoms with Gasteiger partial charge < -0.3 is 14.8 Å². The molecular formula is C21H24N2O7. The molecule has 1 N–H and O–H groups in total. The van der Waals surface area contributed by atoms with E-state index in [4.69, 9.17) is 4.74 Å². The van der Waals surface area contributed by atoms with Crippen molar-refractivity contribution in [1.29, 1.82) is 0 Å². The highest BCUT2D eigenvalue weighted by Gasteiger charge is 2.47. The summed E-state index contributed by atoms with van der Waals surface area (Å²) in [6.45, 7) is -0.0270. The van der Waals surface area contributed by atoms with Crippen LogP contribution >= 0.6 is 0 Å². The SMILES string of the molecule is COC(=O)c1ccc(C(=O)OC)c(NC(=O)CCN2C(=O)C3CCCCC3C2=O)c1. The number of imide groups is 1. The van der Waals surface area contributed by atoms with Gasteiger partial charge in [0, 0.05) is 13.0 Å². The lowest BCUT2D eigenvalue weighted by Crippen LogP contribution is -2.34. The first-order valence-electron chi connectivity index (χ1n) is 9.83. The van der Waals surface area contributed by atoms with Gasteiger partial charge in [0.05, 0.1) is 42.9 Å². The molecular weight excluding hydrogens is 392 g/mol. The van der Waals surface area contributed by atoms with E-state index in [9.17, 15) is 24.0 Å². The number of fused-ring (bicyclic) bond motifs is 1. The van der Waals surface area contributed by atoms with E-state index < -0.39 is 17.8 Å². The lowest BCUT2D eigenvalue weighted by molar-refractivity contribution is -0.140. The summed E-state index contributed by atoms with van der Waals surface area (Å²) >= 11 is 0. The van der Waals surface area contributed by atoms with E-state index >= 15 is 0 Å². The second-order valence-electron chi connectivity index (χ2n) is 7.37. The molecule has 1 aromatic carbocycles. The summed E-state index contributed by atoms with van der Waals surface area (Å²) < 4.78 is 9.36. The molecule has 1 saturated carbocycles. The van der Waals surface area contributed by atoms with Crippen molar-refractivity contribution in [3.63, 3.8) is 0 Å². The van der Waals surface area contributed by atoms with Crippen molar-refractivity contribution < 1.29 is 33.4 Å². The van der Waals surface area contributed by atoms with Crippen molar-refractivity contribution in [3.05, 3.63) is 29.3 Å². The maximum absolute atomic E-state index is 12.5. The molecule has 30 heavy (non-hydrogen) atoms. The van der Waals surface area contributed by atoms with Crippen molar-refractivity contribution in [1.82, 2.24) is 4.90 Å². The summed E-state index contributed by atoms with van der Waals surface area (Å²) in [6, 6.07) is 4.06. The smallest absolute Gasteiger partial charge is 0.339 e. The number of nitrogens with zero attached hydrogens (tertiary/aromatic N) is 1. The number of nitrogens with one attached hydrogen (secondary N) is 1. The second kappa shape index (κ2) is 9.06.